The average Bonchev–Trinajstić information content (AvgIpc) is 2.65. The molecule has 0 aromatic heterocycles. The molecule has 0 aliphatic heterocycles. The highest BCUT2D eigenvalue weighted by Gasteiger charge is 2.40. The lowest BCUT2D eigenvalue weighted by atomic mass is 9.61. The van der Waals surface area contributed by atoms with Crippen LogP contribution in [0.15, 0.2) is 91.0 Å². The van der Waals surface area contributed by atoms with Gasteiger partial charge in [0.25, 0.3) is 0 Å². The number of hydrogen-bond acceptors (Lipinski definition) is 0. The summed E-state index contributed by atoms with van der Waals surface area (Å²) in [4.78, 5) is 0. The van der Waals surface area contributed by atoms with Crippen molar-refractivity contribution in [1.82, 2.24) is 0 Å². The lowest BCUT2D eigenvalue weighted by Crippen LogP contribution is -2.36. The smallest absolute Gasteiger partial charge is 0.0476 e. The van der Waals surface area contributed by atoms with Crippen LogP contribution in [0.3, 0.4) is 0 Å². The Bertz CT molecular complexity index is 632. The Morgan fingerprint density at radius 3 is 1.29 bits per heavy atom. The van der Waals surface area contributed by atoms with Crippen LogP contribution in [0.4, 0.5) is 0 Å². The highest BCUT2D eigenvalue weighted by atomic mass is 14.4. The van der Waals surface area contributed by atoms with E-state index in [1.165, 1.54) is 16.7 Å². The Morgan fingerprint density at radius 1 is 0.667 bits per heavy atom. The van der Waals surface area contributed by atoms with Gasteiger partial charge in [0.1, 0.15) is 0 Å². The molecule has 24 heavy (non-hydrogen) atoms. The first-order valence-electron chi connectivity index (χ1n) is 8.76. The minimum atomic E-state index is -0.151. The third-order valence-corrected chi connectivity index (χ3v) is 5.06. The van der Waals surface area contributed by atoms with Crippen molar-refractivity contribution in [2.24, 2.45) is 5.92 Å². The summed E-state index contributed by atoms with van der Waals surface area (Å²) in [7, 11) is 0. The molecular weight excluding hydrogens is 288 g/mol. The van der Waals surface area contributed by atoms with Gasteiger partial charge in [-0.15, -0.1) is 0 Å². The van der Waals surface area contributed by atoms with Crippen LogP contribution in [0.5, 0.6) is 0 Å². The van der Waals surface area contributed by atoms with Crippen molar-refractivity contribution in [3.63, 3.8) is 0 Å². The van der Waals surface area contributed by atoms with E-state index in [4.69, 9.17) is 0 Å². The molecule has 0 spiro atoms. The molecule has 0 N–H and O–H groups in total. The summed E-state index contributed by atoms with van der Waals surface area (Å²) in [5.41, 5.74) is 3.90. The van der Waals surface area contributed by atoms with Crippen LogP contribution in [0, 0.1) is 12.8 Å². The minimum Gasteiger partial charge on any atom is -0.0622 e. The topological polar surface area (TPSA) is 0 Å². The Balaban J connectivity index is 2.33. The monoisotopic (exact) mass is 313 g/mol. The van der Waals surface area contributed by atoms with Gasteiger partial charge in [0.15, 0.2) is 0 Å². The van der Waals surface area contributed by atoms with Crippen molar-refractivity contribution >= 4 is 0 Å². The zero-order valence-corrected chi connectivity index (χ0v) is 14.4. The van der Waals surface area contributed by atoms with Gasteiger partial charge in [-0.1, -0.05) is 111 Å². The number of rotatable bonds is 6. The summed E-state index contributed by atoms with van der Waals surface area (Å²) in [6.07, 6.45) is 2.02. The molecule has 3 rings (SSSR count). The summed E-state index contributed by atoms with van der Waals surface area (Å²) in [5, 5.41) is 0. The second-order valence-corrected chi connectivity index (χ2v) is 6.45. The van der Waals surface area contributed by atoms with Gasteiger partial charge in [0.2, 0.25) is 0 Å². The summed E-state index contributed by atoms with van der Waals surface area (Å²) in [6, 6.07) is 32.7. The van der Waals surface area contributed by atoms with Gasteiger partial charge in [-0.2, -0.15) is 0 Å². The van der Waals surface area contributed by atoms with Crippen molar-refractivity contribution in [3.8, 4) is 0 Å². The van der Waals surface area contributed by atoms with Crippen LogP contribution >= 0.6 is 0 Å². The highest BCUT2D eigenvalue weighted by Crippen LogP contribution is 2.46. The second-order valence-electron chi connectivity index (χ2n) is 6.45. The van der Waals surface area contributed by atoms with Gasteiger partial charge in [-0.3, -0.25) is 0 Å². The van der Waals surface area contributed by atoms with Gasteiger partial charge < -0.3 is 0 Å². The number of benzene rings is 3. The maximum Gasteiger partial charge on any atom is 0.0476 e. The SMILES string of the molecule is [CH2]CCC(C)C(c1ccccc1)(c1ccccc1)c1ccccc1. The Kier molecular flexibility index (Phi) is 5.15. The molecule has 1 radical (unpaired) electrons. The standard InChI is InChI=1S/C24H25/c1-3-13-20(2)24(21-14-7-4-8-15-21,22-16-9-5-10-17-22)23-18-11-6-12-19-23/h4-12,14-20H,1,3,13H2,2H3. The van der Waals surface area contributed by atoms with E-state index in [0.29, 0.717) is 5.92 Å². The summed E-state index contributed by atoms with van der Waals surface area (Å²) in [5.74, 6) is 0.446. The molecule has 0 aliphatic carbocycles. The molecule has 0 heterocycles. The van der Waals surface area contributed by atoms with E-state index >= 15 is 0 Å². The van der Waals surface area contributed by atoms with Crippen LogP contribution < -0.4 is 0 Å². The molecule has 0 nitrogen and oxygen atoms in total. The Morgan fingerprint density at radius 2 is 1.00 bits per heavy atom. The fourth-order valence-electron chi connectivity index (χ4n) is 3.98. The summed E-state index contributed by atoms with van der Waals surface area (Å²) in [6.45, 7) is 6.48. The normalized spacial score (nSPS) is 12.8. The second kappa shape index (κ2) is 7.49. The van der Waals surface area contributed by atoms with Crippen molar-refractivity contribution < 1.29 is 0 Å². The molecule has 3 aromatic rings. The molecule has 0 heteroatoms. The lowest BCUT2D eigenvalue weighted by molar-refractivity contribution is 0.380. The minimum absolute atomic E-state index is 0.151. The first-order chi connectivity index (χ1) is 11.8. The number of hydrogen-bond donors (Lipinski definition) is 0. The van der Waals surface area contributed by atoms with Crippen molar-refractivity contribution in [1.29, 1.82) is 0 Å². The zero-order valence-electron chi connectivity index (χ0n) is 14.4. The van der Waals surface area contributed by atoms with Crippen LogP contribution in [-0.4, -0.2) is 0 Å². The summed E-state index contributed by atoms with van der Waals surface area (Å²) >= 11 is 0. The van der Waals surface area contributed by atoms with E-state index in [0.717, 1.165) is 12.8 Å². The summed E-state index contributed by atoms with van der Waals surface area (Å²) < 4.78 is 0. The van der Waals surface area contributed by atoms with E-state index in [-0.39, 0.29) is 5.41 Å². The molecule has 0 aliphatic rings. The van der Waals surface area contributed by atoms with E-state index in [1.54, 1.807) is 0 Å². The van der Waals surface area contributed by atoms with Crippen molar-refractivity contribution in [2.75, 3.05) is 0 Å². The maximum atomic E-state index is 4.12. The Hall–Kier alpha value is -2.34. The first kappa shape index (κ1) is 16.5. The fourth-order valence-corrected chi connectivity index (χ4v) is 3.98. The van der Waals surface area contributed by atoms with Gasteiger partial charge in [-0.25, -0.2) is 0 Å². The quantitative estimate of drug-likeness (QED) is 0.470. The predicted molar refractivity (Wildman–Crippen MR) is 103 cm³/mol. The molecule has 0 fully saturated rings. The maximum absolute atomic E-state index is 4.12. The molecule has 0 amide bonds. The molecule has 0 saturated heterocycles. The predicted octanol–water partition coefficient (Wildman–Crippen LogP) is 6.27. The third-order valence-electron chi connectivity index (χ3n) is 5.06. The molecule has 1 atom stereocenters. The van der Waals surface area contributed by atoms with Gasteiger partial charge in [0.05, 0.1) is 0 Å². The molecular formula is C24H25. The largest absolute Gasteiger partial charge is 0.0622 e. The Labute approximate surface area is 146 Å². The molecule has 0 saturated carbocycles. The van der Waals surface area contributed by atoms with Crippen molar-refractivity contribution in [3.05, 3.63) is 115 Å². The van der Waals surface area contributed by atoms with Gasteiger partial charge >= 0.3 is 0 Å². The van der Waals surface area contributed by atoms with Crippen LogP contribution in [0.2, 0.25) is 0 Å². The third kappa shape index (κ3) is 2.89. The van der Waals surface area contributed by atoms with Gasteiger partial charge in [-0.05, 0) is 29.0 Å². The molecule has 121 valence electrons. The first-order valence-corrected chi connectivity index (χ1v) is 8.76. The lowest BCUT2D eigenvalue weighted by Gasteiger charge is -2.41. The zero-order chi connectivity index (χ0) is 16.8. The highest BCUT2D eigenvalue weighted by molar-refractivity contribution is 5.51. The van der Waals surface area contributed by atoms with Crippen molar-refractivity contribution in [2.45, 2.75) is 25.2 Å². The van der Waals surface area contributed by atoms with Crippen LogP contribution in [0.25, 0.3) is 0 Å². The van der Waals surface area contributed by atoms with Gasteiger partial charge in [0, 0.05) is 5.41 Å². The van der Waals surface area contributed by atoms with E-state index < -0.39 is 0 Å². The van der Waals surface area contributed by atoms with Crippen LogP contribution in [-0.2, 0) is 5.41 Å². The molecule has 0 bridgehead atoms. The van der Waals surface area contributed by atoms with E-state index in [9.17, 15) is 0 Å². The van der Waals surface area contributed by atoms with Crippen LogP contribution in [0.1, 0.15) is 36.5 Å². The molecule has 1 unspecified atom stereocenters. The van der Waals surface area contributed by atoms with E-state index in [1.807, 2.05) is 0 Å². The average molecular weight is 313 g/mol. The fraction of sp³-hybridized carbons (Fsp3) is 0.208. The molecule has 3 aromatic carbocycles. The van der Waals surface area contributed by atoms with E-state index in [2.05, 4.69) is 105 Å².